The first kappa shape index (κ1) is 16.9. The molecule has 0 amide bonds. The number of methoxy groups -OCH3 is 1. The summed E-state index contributed by atoms with van der Waals surface area (Å²) in [5.74, 6) is 0. The number of rotatable bonds is 11. The molecule has 0 bridgehead atoms. The van der Waals surface area contributed by atoms with Crippen LogP contribution in [0.15, 0.2) is 12.1 Å². The summed E-state index contributed by atoms with van der Waals surface area (Å²) >= 11 is 7.51. The molecule has 1 aromatic heterocycles. The molecule has 0 saturated carbocycles. The van der Waals surface area contributed by atoms with E-state index in [1.807, 2.05) is 6.07 Å². The lowest BCUT2D eigenvalue weighted by atomic mass is 10.3. The summed E-state index contributed by atoms with van der Waals surface area (Å²) in [7, 11) is 1.66. The van der Waals surface area contributed by atoms with Gasteiger partial charge in [-0.25, -0.2) is 0 Å². The summed E-state index contributed by atoms with van der Waals surface area (Å²) < 4.78 is 16.4. The largest absolute Gasteiger partial charge is 0.382 e. The Kier molecular flexibility index (Phi) is 9.42. The predicted molar refractivity (Wildman–Crippen MR) is 79.3 cm³/mol. The van der Waals surface area contributed by atoms with Crippen LogP contribution in [0.4, 0.5) is 0 Å². The van der Waals surface area contributed by atoms with Crippen molar-refractivity contribution in [3.8, 4) is 0 Å². The summed E-state index contributed by atoms with van der Waals surface area (Å²) in [6.07, 6.45) is 0. The molecular formula is C13H22ClNO3S. The van der Waals surface area contributed by atoms with Crippen molar-refractivity contribution in [3.63, 3.8) is 0 Å². The first-order valence-corrected chi connectivity index (χ1v) is 7.56. The molecule has 1 unspecified atom stereocenters. The van der Waals surface area contributed by atoms with E-state index in [4.69, 9.17) is 25.8 Å². The normalized spacial score (nSPS) is 12.8. The minimum absolute atomic E-state index is 0.305. The summed E-state index contributed by atoms with van der Waals surface area (Å²) in [4.78, 5) is 1.24. The van der Waals surface area contributed by atoms with Crippen molar-refractivity contribution < 1.29 is 14.2 Å². The number of hydrogen-bond acceptors (Lipinski definition) is 5. The third-order valence-electron chi connectivity index (χ3n) is 2.52. The lowest BCUT2D eigenvalue weighted by Crippen LogP contribution is -2.23. The molecule has 0 aliphatic heterocycles. The molecule has 6 heteroatoms. The van der Waals surface area contributed by atoms with Crippen molar-refractivity contribution in [2.45, 2.75) is 13.0 Å². The molecule has 0 spiro atoms. The molecule has 19 heavy (non-hydrogen) atoms. The number of thiophene rings is 1. The van der Waals surface area contributed by atoms with Crippen LogP contribution in [0.5, 0.6) is 0 Å². The van der Waals surface area contributed by atoms with E-state index < -0.39 is 0 Å². The molecule has 1 aromatic rings. The van der Waals surface area contributed by atoms with Crippen LogP contribution in [0.2, 0.25) is 4.34 Å². The molecule has 0 saturated heterocycles. The fourth-order valence-electron chi connectivity index (χ4n) is 1.47. The van der Waals surface area contributed by atoms with Crippen LogP contribution in [-0.4, -0.2) is 46.7 Å². The van der Waals surface area contributed by atoms with Crippen LogP contribution in [0.3, 0.4) is 0 Å². The minimum Gasteiger partial charge on any atom is -0.382 e. The second-order valence-corrected chi connectivity index (χ2v) is 5.78. The molecule has 4 nitrogen and oxygen atoms in total. The van der Waals surface area contributed by atoms with Crippen LogP contribution in [0.25, 0.3) is 0 Å². The standard InChI is InChI=1S/C13H22ClNO3S/c1-11(12-3-4-13(14)19-12)15-5-6-17-9-10-18-8-7-16-2/h3-4,11,15H,5-10H2,1-2H3. The van der Waals surface area contributed by atoms with Gasteiger partial charge in [-0.2, -0.15) is 0 Å². The Balaban J connectivity index is 1.93. The number of ether oxygens (including phenoxy) is 3. The number of nitrogens with one attached hydrogen (secondary N) is 1. The number of halogens is 1. The SMILES string of the molecule is COCCOCCOCCNC(C)c1ccc(Cl)s1. The van der Waals surface area contributed by atoms with Gasteiger partial charge in [0.2, 0.25) is 0 Å². The van der Waals surface area contributed by atoms with E-state index in [2.05, 4.69) is 18.3 Å². The van der Waals surface area contributed by atoms with Crippen molar-refractivity contribution in [1.29, 1.82) is 0 Å². The average molecular weight is 308 g/mol. The molecule has 110 valence electrons. The lowest BCUT2D eigenvalue weighted by Gasteiger charge is -2.12. The smallest absolute Gasteiger partial charge is 0.0931 e. The zero-order valence-corrected chi connectivity index (χ0v) is 13.1. The fourth-order valence-corrected chi connectivity index (χ4v) is 2.56. The molecule has 1 heterocycles. The Morgan fingerprint density at radius 3 is 2.47 bits per heavy atom. The maximum absolute atomic E-state index is 5.90. The lowest BCUT2D eigenvalue weighted by molar-refractivity contribution is 0.0253. The Bertz CT molecular complexity index is 335. The molecule has 0 aliphatic rings. The van der Waals surface area contributed by atoms with Crippen molar-refractivity contribution in [3.05, 3.63) is 21.3 Å². The minimum atomic E-state index is 0.305. The van der Waals surface area contributed by atoms with E-state index in [9.17, 15) is 0 Å². The highest BCUT2D eigenvalue weighted by atomic mass is 35.5. The van der Waals surface area contributed by atoms with Gasteiger partial charge >= 0.3 is 0 Å². The van der Waals surface area contributed by atoms with Gasteiger partial charge in [0.1, 0.15) is 0 Å². The Labute approximate surface area is 124 Å². The average Bonchev–Trinajstić information content (AvgIpc) is 2.83. The van der Waals surface area contributed by atoms with Crippen LogP contribution >= 0.6 is 22.9 Å². The highest BCUT2D eigenvalue weighted by Crippen LogP contribution is 2.26. The summed E-state index contributed by atoms with van der Waals surface area (Å²) in [5, 5.41) is 3.39. The zero-order chi connectivity index (χ0) is 13.9. The quantitative estimate of drug-likeness (QED) is 0.638. The van der Waals surface area contributed by atoms with Crippen molar-refractivity contribution >= 4 is 22.9 Å². The fraction of sp³-hybridized carbons (Fsp3) is 0.692. The highest BCUT2D eigenvalue weighted by Gasteiger charge is 2.06. The molecule has 0 radical (unpaired) electrons. The predicted octanol–water partition coefficient (Wildman–Crippen LogP) is 2.73. The highest BCUT2D eigenvalue weighted by molar-refractivity contribution is 7.16. The maximum atomic E-state index is 5.90. The van der Waals surface area contributed by atoms with Crippen LogP contribution in [0.1, 0.15) is 17.8 Å². The molecule has 0 aromatic carbocycles. The van der Waals surface area contributed by atoms with Crippen molar-refractivity contribution in [1.82, 2.24) is 5.32 Å². The van der Waals surface area contributed by atoms with E-state index in [1.54, 1.807) is 18.4 Å². The third-order valence-corrected chi connectivity index (χ3v) is 3.94. The van der Waals surface area contributed by atoms with Crippen molar-refractivity contribution in [2.75, 3.05) is 46.7 Å². The Morgan fingerprint density at radius 1 is 1.16 bits per heavy atom. The molecule has 1 atom stereocenters. The Hall–Kier alpha value is -0.170. The summed E-state index contributed by atoms with van der Waals surface area (Å²) in [6, 6.07) is 4.28. The Morgan fingerprint density at radius 2 is 1.84 bits per heavy atom. The van der Waals surface area contributed by atoms with Gasteiger partial charge in [0.05, 0.1) is 37.4 Å². The molecule has 1 rings (SSSR count). The van der Waals surface area contributed by atoms with Crippen molar-refractivity contribution in [2.24, 2.45) is 0 Å². The van der Waals surface area contributed by atoms with Gasteiger partial charge in [0.15, 0.2) is 0 Å². The van der Waals surface area contributed by atoms with Gasteiger partial charge in [0, 0.05) is 24.6 Å². The van der Waals surface area contributed by atoms with E-state index >= 15 is 0 Å². The first-order chi connectivity index (χ1) is 9.24. The van der Waals surface area contributed by atoms with Gasteiger partial charge in [-0.15, -0.1) is 11.3 Å². The van der Waals surface area contributed by atoms with Gasteiger partial charge in [-0.05, 0) is 19.1 Å². The van der Waals surface area contributed by atoms with E-state index in [0.29, 0.717) is 39.1 Å². The molecule has 1 N–H and O–H groups in total. The second-order valence-electron chi connectivity index (χ2n) is 4.04. The van der Waals surface area contributed by atoms with E-state index in [0.717, 1.165) is 10.9 Å². The van der Waals surface area contributed by atoms with Crippen LogP contribution in [0, 0.1) is 0 Å². The maximum Gasteiger partial charge on any atom is 0.0931 e. The molecular weight excluding hydrogens is 286 g/mol. The van der Waals surface area contributed by atoms with Crippen LogP contribution < -0.4 is 5.32 Å². The topological polar surface area (TPSA) is 39.7 Å². The number of hydrogen-bond donors (Lipinski definition) is 1. The van der Waals surface area contributed by atoms with Gasteiger partial charge in [-0.1, -0.05) is 11.6 Å². The summed E-state index contributed by atoms with van der Waals surface area (Å²) in [6.45, 7) is 6.09. The zero-order valence-electron chi connectivity index (χ0n) is 11.5. The first-order valence-electron chi connectivity index (χ1n) is 6.37. The second kappa shape index (κ2) is 10.6. The molecule has 0 fully saturated rings. The monoisotopic (exact) mass is 307 g/mol. The van der Waals surface area contributed by atoms with Gasteiger partial charge < -0.3 is 19.5 Å². The van der Waals surface area contributed by atoms with E-state index in [-0.39, 0.29) is 0 Å². The van der Waals surface area contributed by atoms with Gasteiger partial charge in [-0.3, -0.25) is 0 Å². The van der Waals surface area contributed by atoms with E-state index in [1.165, 1.54) is 4.88 Å². The third kappa shape index (κ3) is 7.87. The van der Waals surface area contributed by atoms with Gasteiger partial charge in [0.25, 0.3) is 0 Å². The van der Waals surface area contributed by atoms with Crippen LogP contribution in [-0.2, 0) is 14.2 Å². The summed E-state index contributed by atoms with van der Waals surface area (Å²) in [5.41, 5.74) is 0. The molecule has 0 aliphatic carbocycles.